The molecule has 0 bridgehead atoms. The first-order valence-electron chi connectivity index (χ1n) is 5.65. The molecule has 0 saturated heterocycles. The first-order chi connectivity index (χ1) is 8.60. The summed E-state index contributed by atoms with van der Waals surface area (Å²) in [6.45, 7) is 1.99. The standard InChI is InChI=1S/C14H15N3O/c1-10-3-5-13(11(7-10)8-15)16-12-4-6-14(18)17(2)9-12/h3-9,15-16H,1-2H3. The van der Waals surface area contributed by atoms with E-state index in [9.17, 15) is 4.79 Å². The zero-order valence-electron chi connectivity index (χ0n) is 10.4. The quantitative estimate of drug-likeness (QED) is 0.811. The Hall–Kier alpha value is -2.36. The van der Waals surface area contributed by atoms with Gasteiger partial charge in [-0.3, -0.25) is 4.79 Å². The average molecular weight is 241 g/mol. The Labute approximate surface area is 105 Å². The van der Waals surface area contributed by atoms with Crippen LogP contribution in [0.15, 0.2) is 41.3 Å². The van der Waals surface area contributed by atoms with Crippen LogP contribution in [0.25, 0.3) is 0 Å². The van der Waals surface area contributed by atoms with Crippen molar-refractivity contribution in [1.29, 1.82) is 5.41 Å². The van der Waals surface area contributed by atoms with Gasteiger partial charge in [0.05, 0.1) is 5.69 Å². The molecule has 0 aliphatic heterocycles. The smallest absolute Gasteiger partial charge is 0.250 e. The van der Waals surface area contributed by atoms with E-state index in [1.165, 1.54) is 16.8 Å². The van der Waals surface area contributed by atoms with Crippen LogP contribution in [0, 0.1) is 12.3 Å². The number of hydrogen-bond acceptors (Lipinski definition) is 3. The fourth-order valence-electron chi connectivity index (χ4n) is 1.74. The summed E-state index contributed by atoms with van der Waals surface area (Å²) in [6.07, 6.45) is 3.05. The number of nitrogens with zero attached hydrogens (tertiary/aromatic N) is 1. The molecule has 4 heteroatoms. The van der Waals surface area contributed by atoms with E-state index in [1.807, 2.05) is 25.1 Å². The minimum Gasteiger partial charge on any atom is -0.354 e. The summed E-state index contributed by atoms with van der Waals surface area (Å²) < 4.78 is 1.51. The van der Waals surface area contributed by atoms with Crippen molar-refractivity contribution >= 4 is 17.6 Å². The van der Waals surface area contributed by atoms with Crippen LogP contribution in [0.3, 0.4) is 0 Å². The summed E-state index contributed by atoms with van der Waals surface area (Å²) in [4.78, 5) is 11.3. The predicted molar refractivity (Wildman–Crippen MR) is 74.0 cm³/mol. The van der Waals surface area contributed by atoms with E-state index >= 15 is 0 Å². The Morgan fingerprint density at radius 1 is 1.28 bits per heavy atom. The fraction of sp³-hybridized carbons (Fsp3) is 0.143. The molecule has 0 amide bonds. The van der Waals surface area contributed by atoms with Gasteiger partial charge in [0.25, 0.3) is 0 Å². The molecule has 1 aromatic carbocycles. The molecule has 4 nitrogen and oxygen atoms in total. The molecule has 1 heterocycles. The fourth-order valence-corrected chi connectivity index (χ4v) is 1.74. The number of anilines is 2. The lowest BCUT2D eigenvalue weighted by Crippen LogP contribution is -2.14. The highest BCUT2D eigenvalue weighted by molar-refractivity contribution is 5.87. The molecular formula is C14H15N3O. The van der Waals surface area contributed by atoms with Crippen molar-refractivity contribution in [2.75, 3.05) is 5.32 Å². The molecule has 0 fully saturated rings. The van der Waals surface area contributed by atoms with Crippen LogP contribution in [0.2, 0.25) is 0 Å². The molecule has 0 unspecified atom stereocenters. The van der Waals surface area contributed by atoms with Gasteiger partial charge in [0.2, 0.25) is 5.56 Å². The average Bonchev–Trinajstić information content (AvgIpc) is 2.36. The molecule has 2 aromatic rings. The highest BCUT2D eigenvalue weighted by Crippen LogP contribution is 2.20. The monoisotopic (exact) mass is 241 g/mol. The maximum Gasteiger partial charge on any atom is 0.250 e. The Morgan fingerprint density at radius 3 is 2.72 bits per heavy atom. The maximum atomic E-state index is 11.3. The van der Waals surface area contributed by atoms with E-state index in [0.717, 1.165) is 22.5 Å². The summed E-state index contributed by atoms with van der Waals surface area (Å²) in [5, 5.41) is 10.6. The van der Waals surface area contributed by atoms with E-state index in [0.29, 0.717) is 0 Å². The number of benzene rings is 1. The zero-order chi connectivity index (χ0) is 13.1. The normalized spacial score (nSPS) is 10.1. The molecule has 18 heavy (non-hydrogen) atoms. The third-order valence-electron chi connectivity index (χ3n) is 2.73. The van der Waals surface area contributed by atoms with Gasteiger partial charge < -0.3 is 15.3 Å². The van der Waals surface area contributed by atoms with Crippen molar-refractivity contribution in [3.8, 4) is 0 Å². The molecule has 0 aliphatic carbocycles. The predicted octanol–water partition coefficient (Wildman–Crippen LogP) is 2.43. The van der Waals surface area contributed by atoms with Gasteiger partial charge in [0.1, 0.15) is 0 Å². The number of aryl methyl sites for hydroxylation is 2. The Kier molecular flexibility index (Phi) is 3.28. The van der Waals surface area contributed by atoms with Gasteiger partial charge in [0, 0.05) is 36.8 Å². The van der Waals surface area contributed by atoms with Crippen molar-refractivity contribution in [2.45, 2.75) is 6.92 Å². The highest BCUT2D eigenvalue weighted by atomic mass is 16.1. The molecular weight excluding hydrogens is 226 g/mol. The topological polar surface area (TPSA) is 57.9 Å². The Morgan fingerprint density at radius 2 is 2.06 bits per heavy atom. The van der Waals surface area contributed by atoms with E-state index < -0.39 is 0 Å². The molecule has 0 spiro atoms. The molecule has 2 N–H and O–H groups in total. The van der Waals surface area contributed by atoms with Gasteiger partial charge in [-0.05, 0) is 25.1 Å². The number of rotatable bonds is 3. The first kappa shape index (κ1) is 12.1. The van der Waals surface area contributed by atoms with Gasteiger partial charge in [-0.15, -0.1) is 0 Å². The minimum atomic E-state index is -0.0447. The van der Waals surface area contributed by atoms with E-state index in [1.54, 1.807) is 19.3 Å². The van der Waals surface area contributed by atoms with Crippen molar-refractivity contribution in [2.24, 2.45) is 7.05 Å². The SMILES string of the molecule is Cc1ccc(Nc2ccc(=O)n(C)c2)c(C=N)c1. The molecule has 1 aromatic heterocycles. The van der Waals surface area contributed by atoms with Crippen LogP contribution >= 0.6 is 0 Å². The second-order valence-corrected chi connectivity index (χ2v) is 4.23. The number of nitrogens with one attached hydrogen (secondary N) is 2. The van der Waals surface area contributed by atoms with Crippen LogP contribution in [-0.4, -0.2) is 10.8 Å². The maximum absolute atomic E-state index is 11.3. The van der Waals surface area contributed by atoms with Crippen molar-refractivity contribution in [3.05, 3.63) is 58.0 Å². The minimum absolute atomic E-state index is 0.0447. The summed E-state index contributed by atoms with van der Waals surface area (Å²) in [5.41, 5.74) is 3.57. The van der Waals surface area contributed by atoms with E-state index in [-0.39, 0.29) is 5.56 Å². The number of hydrogen-bond donors (Lipinski definition) is 2. The molecule has 2 rings (SSSR count). The van der Waals surface area contributed by atoms with E-state index in [2.05, 4.69) is 5.32 Å². The Bertz CT molecular complexity index is 644. The van der Waals surface area contributed by atoms with Crippen molar-refractivity contribution in [1.82, 2.24) is 4.57 Å². The van der Waals surface area contributed by atoms with Crippen LogP contribution < -0.4 is 10.9 Å². The van der Waals surface area contributed by atoms with Gasteiger partial charge in [-0.2, -0.15) is 0 Å². The second-order valence-electron chi connectivity index (χ2n) is 4.23. The van der Waals surface area contributed by atoms with Gasteiger partial charge >= 0.3 is 0 Å². The first-order valence-corrected chi connectivity index (χ1v) is 5.65. The van der Waals surface area contributed by atoms with Gasteiger partial charge in [-0.25, -0.2) is 0 Å². The summed E-state index contributed by atoms with van der Waals surface area (Å²) in [6, 6.07) is 9.10. The summed E-state index contributed by atoms with van der Waals surface area (Å²) >= 11 is 0. The lowest BCUT2D eigenvalue weighted by Gasteiger charge is -2.10. The third kappa shape index (κ3) is 2.48. The lowest BCUT2D eigenvalue weighted by atomic mass is 10.1. The van der Waals surface area contributed by atoms with Crippen LogP contribution in [0.5, 0.6) is 0 Å². The van der Waals surface area contributed by atoms with Crippen LogP contribution in [0.1, 0.15) is 11.1 Å². The third-order valence-corrected chi connectivity index (χ3v) is 2.73. The highest BCUT2D eigenvalue weighted by Gasteiger charge is 2.02. The van der Waals surface area contributed by atoms with Gasteiger partial charge in [0.15, 0.2) is 0 Å². The van der Waals surface area contributed by atoms with Gasteiger partial charge in [-0.1, -0.05) is 11.6 Å². The van der Waals surface area contributed by atoms with Crippen molar-refractivity contribution in [3.63, 3.8) is 0 Å². The van der Waals surface area contributed by atoms with Crippen LogP contribution in [0.4, 0.5) is 11.4 Å². The zero-order valence-corrected chi connectivity index (χ0v) is 10.4. The number of pyridine rings is 1. The van der Waals surface area contributed by atoms with E-state index in [4.69, 9.17) is 5.41 Å². The van der Waals surface area contributed by atoms with Crippen molar-refractivity contribution < 1.29 is 0 Å². The summed E-state index contributed by atoms with van der Waals surface area (Å²) in [5.74, 6) is 0. The molecule has 0 aliphatic rings. The largest absolute Gasteiger partial charge is 0.354 e. The van der Waals surface area contributed by atoms with Crippen LogP contribution in [-0.2, 0) is 7.05 Å². The molecule has 0 atom stereocenters. The second kappa shape index (κ2) is 4.87. The molecule has 92 valence electrons. The summed E-state index contributed by atoms with van der Waals surface area (Å²) in [7, 11) is 1.71. The Balaban J connectivity index is 2.36. The number of aromatic nitrogens is 1. The molecule has 0 saturated carbocycles. The lowest BCUT2D eigenvalue weighted by molar-refractivity contribution is 0.862. The molecule has 0 radical (unpaired) electrons.